The van der Waals surface area contributed by atoms with Gasteiger partial charge in [-0.1, -0.05) is 30.3 Å². The molecule has 0 radical (unpaired) electrons. The second-order valence-corrected chi connectivity index (χ2v) is 7.74. The molecule has 4 rings (SSSR count). The van der Waals surface area contributed by atoms with Crippen LogP contribution in [0.4, 0.5) is 0 Å². The third-order valence-electron chi connectivity index (χ3n) is 5.22. The number of methoxy groups -OCH3 is 1. The molecule has 1 aromatic heterocycles. The van der Waals surface area contributed by atoms with Crippen molar-refractivity contribution in [3.8, 4) is 17.1 Å². The molecule has 2 heterocycles. The summed E-state index contributed by atoms with van der Waals surface area (Å²) in [5.74, 6) is 1.58. The smallest absolute Gasteiger partial charge is 0.271 e. The van der Waals surface area contributed by atoms with Gasteiger partial charge in [-0.05, 0) is 49.8 Å². The number of imidazole rings is 1. The van der Waals surface area contributed by atoms with Crippen LogP contribution in [0.1, 0.15) is 33.2 Å². The van der Waals surface area contributed by atoms with Crippen LogP contribution in [0, 0.1) is 0 Å². The fourth-order valence-electron chi connectivity index (χ4n) is 3.81. The van der Waals surface area contributed by atoms with Crippen LogP contribution >= 0.6 is 0 Å². The lowest BCUT2D eigenvalue weighted by atomic mass is 9.94. The van der Waals surface area contributed by atoms with Gasteiger partial charge in [0, 0.05) is 30.3 Å². The van der Waals surface area contributed by atoms with E-state index in [4.69, 9.17) is 4.74 Å². The van der Waals surface area contributed by atoms with Gasteiger partial charge in [-0.2, -0.15) is 0 Å². The van der Waals surface area contributed by atoms with Crippen LogP contribution in [0.5, 0.6) is 5.75 Å². The summed E-state index contributed by atoms with van der Waals surface area (Å²) in [6.07, 6.45) is 0.714. The zero-order valence-corrected chi connectivity index (χ0v) is 17.0. The predicted molar refractivity (Wildman–Crippen MR) is 113 cm³/mol. The van der Waals surface area contributed by atoms with Gasteiger partial charge in [0.15, 0.2) is 0 Å². The number of benzene rings is 2. The number of carbonyl (C=O) groups is 1. The van der Waals surface area contributed by atoms with Crippen LogP contribution in [0.2, 0.25) is 0 Å². The second kappa shape index (κ2) is 8.09. The fourth-order valence-corrected chi connectivity index (χ4v) is 3.81. The summed E-state index contributed by atoms with van der Waals surface area (Å²) in [6.45, 7) is 1.43. The molecule has 1 aliphatic rings. The monoisotopic (exact) mass is 390 g/mol. The van der Waals surface area contributed by atoms with Crippen LogP contribution in [0.3, 0.4) is 0 Å². The summed E-state index contributed by atoms with van der Waals surface area (Å²) in [4.78, 5) is 22.8. The van der Waals surface area contributed by atoms with E-state index in [2.05, 4.69) is 38.4 Å². The molecule has 0 bridgehead atoms. The summed E-state index contributed by atoms with van der Waals surface area (Å²) in [7, 11) is 5.76. The zero-order valence-electron chi connectivity index (χ0n) is 17.0. The maximum absolute atomic E-state index is 12.6. The fraction of sp³-hybridized carbons (Fsp3) is 0.304. The number of amides is 1. The normalized spacial score (nSPS) is 16.3. The Morgan fingerprint density at radius 3 is 2.79 bits per heavy atom. The Morgan fingerprint density at radius 2 is 2.00 bits per heavy atom. The van der Waals surface area contributed by atoms with Crippen LogP contribution in [-0.2, 0) is 13.0 Å². The van der Waals surface area contributed by atoms with Crippen molar-refractivity contribution in [2.24, 2.45) is 0 Å². The summed E-state index contributed by atoms with van der Waals surface area (Å²) < 4.78 is 5.36. The molecule has 2 aromatic carbocycles. The van der Waals surface area contributed by atoms with Gasteiger partial charge in [-0.3, -0.25) is 4.79 Å². The highest BCUT2D eigenvalue weighted by Gasteiger charge is 2.26. The number of rotatable bonds is 5. The first-order valence-electron chi connectivity index (χ1n) is 9.78. The molecule has 29 heavy (non-hydrogen) atoms. The molecule has 0 saturated carbocycles. The van der Waals surface area contributed by atoms with Gasteiger partial charge in [0.05, 0.1) is 7.11 Å². The summed E-state index contributed by atoms with van der Waals surface area (Å²) in [6, 6.07) is 16.3. The van der Waals surface area contributed by atoms with Gasteiger partial charge in [0.1, 0.15) is 17.3 Å². The Balaban J connectivity index is 1.65. The molecular weight excluding hydrogens is 364 g/mol. The van der Waals surface area contributed by atoms with Gasteiger partial charge in [0.25, 0.3) is 5.91 Å². The maximum Gasteiger partial charge on any atom is 0.271 e. The first kappa shape index (κ1) is 19.2. The lowest BCUT2D eigenvalue weighted by Crippen LogP contribution is -2.26. The van der Waals surface area contributed by atoms with Crippen LogP contribution in [0.25, 0.3) is 11.4 Å². The first-order chi connectivity index (χ1) is 14.0. The van der Waals surface area contributed by atoms with E-state index in [9.17, 15) is 4.79 Å². The molecule has 1 atom stereocenters. The Labute approximate surface area is 170 Å². The number of H-pyrrole nitrogens is 1. The molecule has 2 N–H and O–H groups in total. The van der Waals surface area contributed by atoms with Crippen molar-refractivity contribution in [2.45, 2.75) is 18.9 Å². The van der Waals surface area contributed by atoms with E-state index in [0.717, 1.165) is 34.9 Å². The molecule has 1 unspecified atom stereocenters. The SMILES string of the molecule is COc1cccc(C2CNC(=O)c3nc(-c4cccc(CN(C)C)c4)[nH]c3C2)c1. The average Bonchev–Trinajstić information content (AvgIpc) is 3.08. The lowest BCUT2D eigenvalue weighted by molar-refractivity contribution is 0.0950. The van der Waals surface area contributed by atoms with Gasteiger partial charge in [-0.25, -0.2) is 4.98 Å². The van der Waals surface area contributed by atoms with E-state index in [0.29, 0.717) is 18.7 Å². The largest absolute Gasteiger partial charge is 0.497 e. The van der Waals surface area contributed by atoms with E-state index in [-0.39, 0.29) is 11.8 Å². The summed E-state index contributed by atoms with van der Waals surface area (Å²) in [5, 5.41) is 3.02. The Bertz CT molecular complexity index is 1030. The average molecular weight is 390 g/mol. The number of aromatic amines is 1. The molecule has 0 fully saturated rings. The number of fused-ring (bicyclic) bond motifs is 1. The van der Waals surface area contributed by atoms with Gasteiger partial charge in [0.2, 0.25) is 0 Å². The minimum absolute atomic E-state index is 0.127. The zero-order chi connectivity index (χ0) is 20.4. The van der Waals surface area contributed by atoms with E-state index >= 15 is 0 Å². The van der Waals surface area contributed by atoms with Gasteiger partial charge >= 0.3 is 0 Å². The Morgan fingerprint density at radius 1 is 1.17 bits per heavy atom. The Kier molecular flexibility index (Phi) is 5.36. The third-order valence-corrected chi connectivity index (χ3v) is 5.22. The Hall–Kier alpha value is -3.12. The quantitative estimate of drug-likeness (QED) is 0.702. The number of hydrogen-bond acceptors (Lipinski definition) is 4. The van der Waals surface area contributed by atoms with Crippen LogP contribution in [0.15, 0.2) is 48.5 Å². The summed E-state index contributed by atoms with van der Waals surface area (Å²) >= 11 is 0. The molecule has 150 valence electrons. The molecular formula is C23H26N4O2. The lowest BCUT2D eigenvalue weighted by Gasteiger charge is -2.15. The topological polar surface area (TPSA) is 70.2 Å². The van der Waals surface area contributed by atoms with Crippen molar-refractivity contribution < 1.29 is 9.53 Å². The van der Waals surface area contributed by atoms with Gasteiger partial charge < -0.3 is 19.9 Å². The predicted octanol–water partition coefficient (Wildman–Crippen LogP) is 3.22. The summed E-state index contributed by atoms with van der Waals surface area (Å²) in [5.41, 5.74) is 4.70. The number of nitrogens with zero attached hydrogens (tertiary/aromatic N) is 2. The van der Waals surface area contributed by atoms with E-state index < -0.39 is 0 Å². The maximum atomic E-state index is 12.6. The van der Waals surface area contributed by atoms with Crippen molar-refractivity contribution in [1.29, 1.82) is 0 Å². The molecule has 1 amide bonds. The number of ether oxygens (including phenoxy) is 1. The number of nitrogens with one attached hydrogen (secondary N) is 2. The van der Waals surface area contributed by atoms with E-state index in [1.807, 2.05) is 44.4 Å². The number of carbonyl (C=O) groups excluding carboxylic acids is 1. The van der Waals surface area contributed by atoms with Crippen LogP contribution < -0.4 is 10.1 Å². The van der Waals surface area contributed by atoms with Crippen LogP contribution in [-0.4, -0.2) is 48.5 Å². The first-order valence-corrected chi connectivity index (χ1v) is 9.78. The van der Waals surface area contributed by atoms with Gasteiger partial charge in [-0.15, -0.1) is 0 Å². The standard InChI is InChI=1S/C23H26N4O2/c1-27(2)14-15-6-4-8-17(10-15)22-25-20-12-18(13-24-23(28)21(20)26-22)16-7-5-9-19(11-16)29-3/h4-11,18H,12-14H2,1-3H3,(H,24,28)(H,25,26). The minimum Gasteiger partial charge on any atom is -0.497 e. The highest BCUT2D eigenvalue weighted by Crippen LogP contribution is 2.28. The molecule has 0 saturated heterocycles. The van der Waals surface area contributed by atoms with Crippen molar-refractivity contribution in [2.75, 3.05) is 27.7 Å². The second-order valence-electron chi connectivity index (χ2n) is 7.74. The van der Waals surface area contributed by atoms with Crippen molar-refractivity contribution in [3.05, 3.63) is 71.0 Å². The molecule has 0 spiro atoms. The number of aromatic nitrogens is 2. The molecule has 0 aliphatic carbocycles. The molecule has 6 nitrogen and oxygen atoms in total. The third kappa shape index (κ3) is 4.17. The molecule has 3 aromatic rings. The van der Waals surface area contributed by atoms with Crippen molar-refractivity contribution in [1.82, 2.24) is 20.2 Å². The highest BCUT2D eigenvalue weighted by atomic mass is 16.5. The molecule has 6 heteroatoms. The molecule has 1 aliphatic heterocycles. The van der Waals surface area contributed by atoms with Crippen molar-refractivity contribution in [3.63, 3.8) is 0 Å². The highest BCUT2D eigenvalue weighted by molar-refractivity contribution is 5.94. The van der Waals surface area contributed by atoms with E-state index in [1.54, 1.807) is 7.11 Å². The van der Waals surface area contributed by atoms with E-state index in [1.165, 1.54) is 5.56 Å². The number of hydrogen-bond donors (Lipinski definition) is 2. The minimum atomic E-state index is -0.127. The van der Waals surface area contributed by atoms with Crippen molar-refractivity contribution >= 4 is 5.91 Å².